The summed E-state index contributed by atoms with van der Waals surface area (Å²) >= 11 is 0. The van der Waals surface area contributed by atoms with Crippen molar-refractivity contribution in [2.75, 3.05) is 32.7 Å². The van der Waals surface area contributed by atoms with Gasteiger partial charge in [0, 0.05) is 25.0 Å². The lowest BCUT2D eigenvalue weighted by atomic mass is 9.74. The predicted octanol–water partition coefficient (Wildman–Crippen LogP) is 3.88. The van der Waals surface area contributed by atoms with E-state index < -0.39 is 0 Å². The third-order valence-corrected chi connectivity index (χ3v) is 8.62. The van der Waals surface area contributed by atoms with Gasteiger partial charge in [0.15, 0.2) is 0 Å². The summed E-state index contributed by atoms with van der Waals surface area (Å²) in [6.07, 6.45) is 13.4. The van der Waals surface area contributed by atoms with Gasteiger partial charge in [-0.1, -0.05) is 37.1 Å². The van der Waals surface area contributed by atoms with E-state index in [-0.39, 0.29) is 5.91 Å². The van der Waals surface area contributed by atoms with E-state index in [2.05, 4.69) is 39.4 Å². The number of hydrogen-bond acceptors (Lipinski definition) is 3. The fourth-order valence-electron chi connectivity index (χ4n) is 6.82. The smallest absolute Gasteiger partial charge is 0.221 e. The largest absolute Gasteiger partial charge is 0.352 e. The van der Waals surface area contributed by atoms with Crippen LogP contribution in [-0.2, 0) is 16.6 Å². The summed E-state index contributed by atoms with van der Waals surface area (Å²) < 4.78 is 0. The van der Waals surface area contributed by atoms with Crippen molar-refractivity contribution < 1.29 is 4.79 Å². The average Bonchev–Trinajstić information content (AvgIpc) is 3.43. The molecule has 1 spiro atoms. The number of hydrogen-bond donors (Lipinski definition) is 1. The molecular weight excluding hydrogens is 370 g/mol. The normalized spacial score (nSPS) is 29.2. The van der Waals surface area contributed by atoms with E-state index in [4.69, 9.17) is 0 Å². The van der Waals surface area contributed by atoms with Crippen LogP contribution >= 0.6 is 0 Å². The predicted molar refractivity (Wildman–Crippen MR) is 122 cm³/mol. The van der Waals surface area contributed by atoms with E-state index in [9.17, 15) is 4.79 Å². The summed E-state index contributed by atoms with van der Waals surface area (Å²) in [6.45, 7) is 5.67. The number of aryl methyl sites for hydroxylation is 1. The number of carbonyl (C=O) groups is 1. The third-order valence-electron chi connectivity index (χ3n) is 8.62. The van der Waals surface area contributed by atoms with Gasteiger partial charge in [-0.2, -0.15) is 0 Å². The Labute approximate surface area is 182 Å². The minimum Gasteiger partial charge on any atom is -0.352 e. The molecular formula is C26H39N3O. The highest BCUT2D eigenvalue weighted by molar-refractivity contribution is 5.76. The molecule has 2 aliphatic heterocycles. The lowest BCUT2D eigenvalue weighted by Gasteiger charge is -2.40. The summed E-state index contributed by atoms with van der Waals surface area (Å²) in [4.78, 5) is 18.0. The number of nitrogens with one attached hydrogen (secondary N) is 1. The molecule has 2 saturated heterocycles. The van der Waals surface area contributed by atoms with Crippen LogP contribution in [0, 0.1) is 0 Å². The fraction of sp³-hybridized carbons (Fsp3) is 0.731. The SMILES string of the molecule is O=C(CCN1CCC2(CCc3ccccc32)CC1)N[C@H]1CCCC[C@@H]1N1CCCC1. The van der Waals surface area contributed by atoms with Crippen molar-refractivity contribution in [3.63, 3.8) is 0 Å². The van der Waals surface area contributed by atoms with Gasteiger partial charge in [0.05, 0.1) is 0 Å². The molecule has 2 aliphatic carbocycles. The van der Waals surface area contributed by atoms with Crippen molar-refractivity contribution in [1.82, 2.24) is 15.1 Å². The summed E-state index contributed by atoms with van der Waals surface area (Å²) in [5.74, 6) is 0.276. The Morgan fingerprint density at radius 1 is 0.967 bits per heavy atom. The standard InChI is InChI=1S/C26H39N3O/c30-25(27-23-9-3-4-10-24(23)29-16-5-6-17-29)12-18-28-19-14-26(15-20-28)13-11-21-7-1-2-8-22(21)26/h1-2,7-8,23-24H,3-6,9-20H2,(H,27,30)/t23-,24-/m0/s1. The molecule has 1 aromatic carbocycles. The Bertz CT molecular complexity index is 734. The number of fused-ring (bicyclic) bond motifs is 2. The first-order valence-corrected chi connectivity index (χ1v) is 12.6. The second kappa shape index (κ2) is 9.00. The van der Waals surface area contributed by atoms with Crippen molar-refractivity contribution in [1.29, 1.82) is 0 Å². The van der Waals surface area contributed by atoms with Gasteiger partial charge in [-0.05, 0) is 94.1 Å². The molecule has 4 heteroatoms. The van der Waals surface area contributed by atoms with Crippen LogP contribution in [0.15, 0.2) is 24.3 Å². The van der Waals surface area contributed by atoms with Crippen molar-refractivity contribution in [3.05, 3.63) is 35.4 Å². The summed E-state index contributed by atoms with van der Waals surface area (Å²) in [5.41, 5.74) is 3.61. The maximum atomic E-state index is 12.8. The summed E-state index contributed by atoms with van der Waals surface area (Å²) in [5, 5.41) is 3.44. The Kier molecular flexibility index (Phi) is 6.15. The van der Waals surface area contributed by atoms with Crippen LogP contribution in [0.2, 0.25) is 0 Å². The molecule has 5 rings (SSSR count). The number of nitrogens with zero attached hydrogens (tertiary/aromatic N) is 2. The topological polar surface area (TPSA) is 35.6 Å². The Hall–Kier alpha value is -1.39. The second-order valence-corrected chi connectivity index (χ2v) is 10.3. The first-order valence-electron chi connectivity index (χ1n) is 12.6. The van der Waals surface area contributed by atoms with E-state index in [1.807, 2.05) is 0 Å². The monoisotopic (exact) mass is 409 g/mol. The molecule has 4 nitrogen and oxygen atoms in total. The zero-order chi connectivity index (χ0) is 20.4. The minimum atomic E-state index is 0.276. The zero-order valence-electron chi connectivity index (χ0n) is 18.6. The molecule has 4 aliphatic rings. The molecule has 30 heavy (non-hydrogen) atoms. The number of benzene rings is 1. The molecule has 0 aromatic heterocycles. The van der Waals surface area contributed by atoms with Gasteiger partial charge in [0.25, 0.3) is 0 Å². The molecule has 0 unspecified atom stereocenters. The van der Waals surface area contributed by atoms with Crippen molar-refractivity contribution in [2.24, 2.45) is 0 Å². The number of piperidine rings is 1. The zero-order valence-corrected chi connectivity index (χ0v) is 18.6. The molecule has 164 valence electrons. The van der Waals surface area contributed by atoms with Gasteiger partial charge in [0.1, 0.15) is 0 Å². The first-order chi connectivity index (χ1) is 14.7. The van der Waals surface area contributed by atoms with E-state index in [0.29, 0.717) is 23.9 Å². The number of rotatable bonds is 5. The van der Waals surface area contributed by atoms with Crippen LogP contribution in [0.5, 0.6) is 0 Å². The maximum Gasteiger partial charge on any atom is 0.221 e. The molecule has 2 atom stereocenters. The highest BCUT2D eigenvalue weighted by Gasteiger charge is 2.40. The van der Waals surface area contributed by atoms with E-state index in [1.54, 1.807) is 11.1 Å². The fourth-order valence-corrected chi connectivity index (χ4v) is 6.82. The summed E-state index contributed by atoms with van der Waals surface area (Å²) in [6, 6.07) is 10.1. The molecule has 0 radical (unpaired) electrons. The average molecular weight is 410 g/mol. The van der Waals surface area contributed by atoms with E-state index in [1.165, 1.54) is 77.3 Å². The molecule has 0 bridgehead atoms. The lowest BCUT2D eigenvalue weighted by molar-refractivity contribution is -0.123. The number of amides is 1. The highest BCUT2D eigenvalue weighted by atomic mass is 16.1. The minimum absolute atomic E-state index is 0.276. The number of carbonyl (C=O) groups excluding carboxylic acids is 1. The Balaban J connectivity index is 1.09. The van der Waals surface area contributed by atoms with Gasteiger partial charge < -0.3 is 10.2 Å². The lowest BCUT2D eigenvalue weighted by Crippen LogP contribution is -2.53. The van der Waals surface area contributed by atoms with Crippen LogP contribution in [0.1, 0.15) is 75.3 Å². The molecule has 1 saturated carbocycles. The van der Waals surface area contributed by atoms with Crippen molar-refractivity contribution >= 4 is 5.91 Å². The molecule has 1 N–H and O–H groups in total. The third kappa shape index (κ3) is 4.18. The number of likely N-dealkylation sites (tertiary alicyclic amines) is 2. The molecule has 3 fully saturated rings. The van der Waals surface area contributed by atoms with Crippen molar-refractivity contribution in [3.8, 4) is 0 Å². The van der Waals surface area contributed by atoms with Crippen LogP contribution in [-0.4, -0.2) is 60.5 Å². The molecule has 1 aromatic rings. The van der Waals surface area contributed by atoms with Crippen LogP contribution < -0.4 is 5.32 Å². The Morgan fingerprint density at radius 2 is 1.73 bits per heavy atom. The van der Waals surface area contributed by atoms with Gasteiger partial charge in [-0.3, -0.25) is 9.69 Å². The van der Waals surface area contributed by atoms with Crippen LogP contribution in [0.25, 0.3) is 0 Å². The van der Waals surface area contributed by atoms with Gasteiger partial charge in [-0.25, -0.2) is 0 Å². The van der Waals surface area contributed by atoms with Crippen molar-refractivity contribution in [2.45, 2.75) is 88.1 Å². The van der Waals surface area contributed by atoms with Gasteiger partial charge in [0.2, 0.25) is 5.91 Å². The van der Waals surface area contributed by atoms with Gasteiger partial charge in [-0.15, -0.1) is 0 Å². The maximum absolute atomic E-state index is 12.8. The highest BCUT2D eigenvalue weighted by Crippen LogP contribution is 2.46. The summed E-state index contributed by atoms with van der Waals surface area (Å²) in [7, 11) is 0. The molecule has 2 heterocycles. The Morgan fingerprint density at radius 3 is 2.57 bits per heavy atom. The molecule has 1 amide bonds. The quantitative estimate of drug-likeness (QED) is 0.802. The van der Waals surface area contributed by atoms with E-state index >= 15 is 0 Å². The first kappa shape index (κ1) is 20.5. The van der Waals surface area contributed by atoms with Gasteiger partial charge >= 0.3 is 0 Å². The van der Waals surface area contributed by atoms with E-state index in [0.717, 1.165) is 19.6 Å². The van der Waals surface area contributed by atoms with Crippen LogP contribution in [0.4, 0.5) is 0 Å². The van der Waals surface area contributed by atoms with Crippen LogP contribution in [0.3, 0.4) is 0 Å². The second-order valence-electron chi connectivity index (χ2n) is 10.3.